The van der Waals surface area contributed by atoms with Gasteiger partial charge in [0.05, 0.1) is 0 Å². The fraction of sp³-hybridized carbons (Fsp3) is 0.481. The van der Waals surface area contributed by atoms with Gasteiger partial charge in [0, 0.05) is 12.6 Å². The highest BCUT2D eigenvalue weighted by atomic mass is 19.1. The summed E-state index contributed by atoms with van der Waals surface area (Å²) in [6.07, 6.45) is 5.87. The maximum atomic E-state index is 13.4. The Kier molecular flexibility index (Phi) is 8.87. The standard InChI is InChI=1S/C27H35FN2O3/c1-4-25(27(32)29-23-8-6-5-7-9-23)30(17-21-10-12-22(28)13-11-21)26(31)18-33-24-15-19(2)14-20(3)16-24/h10-16,23,25H,4-9,17-18H2,1-3H3,(H,29,32). The van der Waals surface area contributed by atoms with E-state index in [1.54, 1.807) is 17.0 Å². The summed E-state index contributed by atoms with van der Waals surface area (Å²) in [5.74, 6) is -0.116. The third-order valence-electron chi connectivity index (χ3n) is 6.16. The van der Waals surface area contributed by atoms with Gasteiger partial charge < -0.3 is 15.0 Å². The molecule has 33 heavy (non-hydrogen) atoms. The van der Waals surface area contributed by atoms with Gasteiger partial charge in [-0.3, -0.25) is 9.59 Å². The van der Waals surface area contributed by atoms with Crippen molar-refractivity contribution in [2.45, 2.75) is 77.9 Å². The number of ether oxygens (including phenoxy) is 1. The molecule has 0 spiro atoms. The number of nitrogens with zero attached hydrogens (tertiary/aromatic N) is 1. The predicted molar refractivity (Wildman–Crippen MR) is 127 cm³/mol. The Morgan fingerprint density at radius 1 is 1.06 bits per heavy atom. The summed E-state index contributed by atoms with van der Waals surface area (Å²) < 4.78 is 19.2. The van der Waals surface area contributed by atoms with E-state index in [9.17, 15) is 14.0 Å². The Bertz CT molecular complexity index is 919. The number of rotatable bonds is 9. The van der Waals surface area contributed by atoms with Gasteiger partial charge in [-0.2, -0.15) is 0 Å². The van der Waals surface area contributed by atoms with Crippen LogP contribution in [0.1, 0.15) is 62.1 Å². The van der Waals surface area contributed by atoms with Crippen LogP contribution in [0.15, 0.2) is 42.5 Å². The zero-order valence-corrected chi connectivity index (χ0v) is 19.9. The van der Waals surface area contributed by atoms with Crippen molar-refractivity contribution in [2.24, 2.45) is 0 Å². The molecule has 6 heteroatoms. The second-order valence-electron chi connectivity index (χ2n) is 9.03. The number of amides is 2. The maximum Gasteiger partial charge on any atom is 0.261 e. The topological polar surface area (TPSA) is 58.6 Å². The minimum Gasteiger partial charge on any atom is -0.484 e. The molecule has 1 fully saturated rings. The second-order valence-corrected chi connectivity index (χ2v) is 9.03. The average molecular weight is 455 g/mol. The Hall–Kier alpha value is -2.89. The van der Waals surface area contributed by atoms with E-state index in [-0.39, 0.29) is 36.8 Å². The van der Waals surface area contributed by atoms with Crippen LogP contribution >= 0.6 is 0 Å². The van der Waals surface area contributed by atoms with E-state index in [2.05, 4.69) is 5.32 Å². The van der Waals surface area contributed by atoms with E-state index in [0.29, 0.717) is 12.2 Å². The summed E-state index contributed by atoms with van der Waals surface area (Å²) in [6, 6.07) is 11.4. The molecule has 0 radical (unpaired) electrons. The van der Waals surface area contributed by atoms with Gasteiger partial charge in [-0.15, -0.1) is 0 Å². The second kappa shape index (κ2) is 11.8. The van der Waals surface area contributed by atoms with Crippen LogP contribution in [0.5, 0.6) is 5.75 Å². The van der Waals surface area contributed by atoms with Gasteiger partial charge in [-0.05, 0) is 74.1 Å². The molecule has 0 saturated heterocycles. The first-order chi connectivity index (χ1) is 15.9. The Morgan fingerprint density at radius 3 is 2.30 bits per heavy atom. The van der Waals surface area contributed by atoms with Crippen molar-refractivity contribution in [2.75, 3.05) is 6.61 Å². The summed E-state index contributed by atoms with van der Waals surface area (Å²) in [5, 5.41) is 3.16. The highest BCUT2D eigenvalue weighted by molar-refractivity contribution is 5.88. The van der Waals surface area contributed by atoms with Gasteiger partial charge in [-0.1, -0.05) is 44.4 Å². The van der Waals surface area contributed by atoms with Crippen LogP contribution in [-0.2, 0) is 16.1 Å². The molecule has 1 N–H and O–H groups in total. The largest absolute Gasteiger partial charge is 0.484 e. The molecule has 3 rings (SSSR count). The maximum absolute atomic E-state index is 13.4. The smallest absolute Gasteiger partial charge is 0.261 e. The Balaban J connectivity index is 1.76. The lowest BCUT2D eigenvalue weighted by atomic mass is 9.95. The van der Waals surface area contributed by atoms with Crippen molar-refractivity contribution in [1.29, 1.82) is 0 Å². The lowest BCUT2D eigenvalue weighted by Gasteiger charge is -2.32. The summed E-state index contributed by atoms with van der Waals surface area (Å²) in [5.41, 5.74) is 2.87. The molecule has 178 valence electrons. The molecular weight excluding hydrogens is 419 g/mol. The summed E-state index contributed by atoms with van der Waals surface area (Å²) in [4.78, 5) is 28.1. The lowest BCUT2D eigenvalue weighted by Crippen LogP contribution is -2.52. The number of hydrogen-bond donors (Lipinski definition) is 1. The molecule has 0 heterocycles. The number of benzene rings is 2. The van der Waals surface area contributed by atoms with Crippen LogP contribution in [0.25, 0.3) is 0 Å². The number of carbonyl (C=O) groups excluding carboxylic acids is 2. The first-order valence-corrected chi connectivity index (χ1v) is 11.9. The third kappa shape index (κ3) is 7.31. The van der Waals surface area contributed by atoms with Crippen molar-refractivity contribution in [3.63, 3.8) is 0 Å². The van der Waals surface area contributed by atoms with Crippen LogP contribution in [0.2, 0.25) is 0 Å². The van der Waals surface area contributed by atoms with Crippen molar-refractivity contribution in [3.8, 4) is 5.75 Å². The molecule has 1 unspecified atom stereocenters. The van der Waals surface area contributed by atoms with E-state index in [4.69, 9.17) is 4.74 Å². The fourth-order valence-electron chi connectivity index (χ4n) is 4.49. The minimum atomic E-state index is -0.618. The summed E-state index contributed by atoms with van der Waals surface area (Å²) in [7, 11) is 0. The first-order valence-electron chi connectivity index (χ1n) is 11.9. The molecule has 1 aliphatic carbocycles. The molecule has 5 nitrogen and oxygen atoms in total. The summed E-state index contributed by atoms with van der Waals surface area (Å²) >= 11 is 0. The number of aryl methyl sites for hydroxylation is 2. The SMILES string of the molecule is CCC(C(=O)NC1CCCCC1)N(Cc1ccc(F)cc1)C(=O)COc1cc(C)cc(C)c1. The molecule has 2 amide bonds. The van der Waals surface area contributed by atoms with Gasteiger partial charge in [0.25, 0.3) is 5.91 Å². The van der Waals surface area contributed by atoms with Crippen LogP contribution in [-0.4, -0.2) is 35.4 Å². The van der Waals surface area contributed by atoms with E-state index in [1.807, 2.05) is 39.0 Å². The number of nitrogens with one attached hydrogen (secondary N) is 1. The molecule has 1 atom stereocenters. The molecular formula is C27H35FN2O3. The lowest BCUT2D eigenvalue weighted by molar-refractivity contribution is -0.143. The zero-order valence-electron chi connectivity index (χ0n) is 19.9. The number of hydrogen-bond acceptors (Lipinski definition) is 3. The highest BCUT2D eigenvalue weighted by Gasteiger charge is 2.30. The average Bonchev–Trinajstić information content (AvgIpc) is 2.78. The molecule has 2 aromatic carbocycles. The number of halogens is 1. The summed E-state index contributed by atoms with van der Waals surface area (Å²) in [6.45, 7) is 5.90. The predicted octanol–water partition coefficient (Wildman–Crippen LogP) is 5.08. The highest BCUT2D eigenvalue weighted by Crippen LogP contribution is 2.20. The van der Waals surface area contributed by atoms with E-state index < -0.39 is 6.04 Å². The molecule has 1 aliphatic rings. The molecule has 0 aromatic heterocycles. The van der Waals surface area contributed by atoms with Crippen LogP contribution in [0, 0.1) is 19.7 Å². The molecule has 0 bridgehead atoms. The van der Waals surface area contributed by atoms with Crippen molar-refractivity contribution >= 4 is 11.8 Å². The molecule has 1 saturated carbocycles. The quantitative estimate of drug-likeness (QED) is 0.575. The molecule has 2 aromatic rings. The van der Waals surface area contributed by atoms with Gasteiger partial charge in [0.15, 0.2) is 6.61 Å². The van der Waals surface area contributed by atoms with Crippen LogP contribution in [0.4, 0.5) is 4.39 Å². The van der Waals surface area contributed by atoms with E-state index in [0.717, 1.165) is 42.4 Å². The van der Waals surface area contributed by atoms with Crippen molar-refractivity contribution in [3.05, 3.63) is 65.0 Å². The third-order valence-corrected chi connectivity index (χ3v) is 6.16. The Morgan fingerprint density at radius 2 is 1.70 bits per heavy atom. The van der Waals surface area contributed by atoms with E-state index >= 15 is 0 Å². The van der Waals surface area contributed by atoms with Crippen molar-refractivity contribution < 1.29 is 18.7 Å². The fourth-order valence-corrected chi connectivity index (χ4v) is 4.49. The van der Waals surface area contributed by atoms with Gasteiger partial charge in [0.2, 0.25) is 5.91 Å². The minimum absolute atomic E-state index is 0.133. The van der Waals surface area contributed by atoms with Crippen LogP contribution < -0.4 is 10.1 Å². The normalized spacial score (nSPS) is 15.0. The monoisotopic (exact) mass is 454 g/mol. The van der Waals surface area contributed by atoms with Gasteiger partial charge in [-0.25, -0.2) is 4.39 Å². The first kappa shape index (κ1) is 24.7. The van der Waals surface area contributed by atoms with Crippen LogP contribution in [0.3, 0.4) is 0 Å². The molecule has 0 aliphatic heterocycles. The Labute approximate surface area is 196 Å². The van der Waals surface area contributed by atoms with Gasteiger partial charge >= 0.3 is 0 Å². The number of carbonyl (C=O) groups is 2. The zero-order chi connectivity index (χ0) is 23.8. The van der Waals surface area contributed by atoms with Crippen molar-refractivity contribution in [1.82, 2.24) is 10.2 Å². The van der Waals surface area contributed by atoms with E-state index in [1.165, 1.54) is 18.6 Å². The van der Waals surface area contributed by atoms with Gasteiger partial charge in [0.1, 0.15) is 17.6 Å².